The number of rotatable bonds is 2. The summed E-state index contributed by atoms with van der Waals surface area (Å²) in [5.41, 5.74) is 0. The van der Waals surface area contributed by atoms with E-state index in [9.17, 15) is 9.59 Å². The first kappa shape index (κ1) is 11.2. The van der Waals surface area contributed by atoms with Crippen LogP contribution in [0.1, 0.15) is 6.92 Å². The number of hydrogen-bond acceptors (Lipinski definition) is 7. The van der Waals surface area contributed by atoms with Gasteiger partial charge in [-0.25, -0.2) is 4.79 Å². The number of nitrogens with one attached hydrogen (secondary N) is 1. The molecule has 1 heterocycles. The number of carbonyl (C=O) groups excluding carboxylic acids is 2. The summed E-state index contributed by atoms with van der Waals surface area (Å²) in [6.07, 6.45) is 0. The van der Waals surface area contributed by atoms with E-state index in [4.69, 9.17) is 12.2 Å². The molecule has 0 aromatic carbocycles. The molecule has 0 aliphatic rings. The molecule has 1 rings (SSSR count). The van der Waals surface area contributed by atoms with Gasteiger partial charge in [0.25, 0.3) is 0 Å². The smallest absolute Gasteiger partial charge is 0.397 e. The molecule has 0 spiro atoms. The fraction of sp³-hybridized carbons (Fsp3) is 0.333. The molecule has 0 aliphatic heterocycles. The van der Waals surface area contributed by atoms with Crippen LogP contribution in [0.3, 0.4) is 0 Å². The molecule has 0 unspecified atom stereocenters. The number of anilines is 1. The predicted molar refractivity (Wildman–Crippen MR) is 56.1 cm³/mol. The highest BCUT2D eigenvalue weighted by molar-refractivity contribution is 7.79. The average Bonchev–Trinajstić information content (AvgIpc) is 2.51. The summed E-state index contributed by atoms with van der Waals surface area (Å²) in [4.78, 5) is 25.7. The molecule has 0 saturated carbocycles. The third-order valence-corrected chi connectivity index (χ3v) is 3.59. The van der Waals surface area contributed by atoms with E-state index in [0.717, 1.165) is 0 Å². The van der Waals surface area contributed by atoms with E-state index in [1.165, 1.54) is 20.7 Å². The SMILES string of the molecule is CCOC(=O)C(=O)Nc1nc(=S)ss1. The van der Waals surface area contributed by atoms with Crippen LogP contribution in [-0.2, 0) is 14.3 Å². The van der Waals surface area contributed by atoms with E-state index in [1.54, 1.807) is 6.92 Å². The quantitative estimate of drug-likeness (QED) is 0.372. The first-order valence-corrected chi connectivity index (χ1v) is 6.14. The fourth-order valence-corrected chi connectivity index (χ4v) is 2.44. The molecule has 76 valence electrons. The maximum absolute atomic E-state index is 11.1. The number of esters is 1. The molecule has 1 amide bonds. The van der Waals surface area contributed by atoms with Gasteiger partial charge in [0.15, 0.2) is 3.95 Å². The molecule has 0 aliphatic carbocycles. The molecule has 8 heteroatoms. The van der Waals surface area contributed by atoms with E-state index in [1.807, 2.05) is 0 Å². The zero-order chi connectivity index (χ0) is 10.6. The Kier molecular flexibility index (Phi) is 4.11. The lowest BCUT2D eigenvalue weighted by atomic mass is 10.6. The minimum atomic E-state index is -0.918. The van der Waals surface area contributed by atoms with E-state index in [-0.39, 0.29) is 6.61 Å². The molecule has 0 radical (unpaired) electrons. The highest BCUT2D eigenvalue weighted by Gasteiger charge is 2.15. The van der Waals surface area contributed by atoms with Crippen LogP contribution in [-0.4, -0.2) is 23.5 Å². The third kappa shape index (κ3) is 3.13. The zero-order valence-electron chi connectivity index (χ0n) is 7.10. The van der Waals surface area contributed by atoms with Crippen molar-refractivity contribution in [3.63, 3.8) is 0 Å². The van der Waals surface area contributed by atoms with E-state index in [2.05, 4.69) is 15.0 Å². The number of hydrogen-bond donors (Lipinski definition) is 1. The number of nitrogens with zero attached hydrogens (tertiary/aromatic N) is 1. The number of carbonyl (C=O) groups is 2. The summed E-state index contributed by atoms with van der Waals surface area (Å²) in [5, 5.41) is 2.60. The number of ether oxygens (including phenoxy) is 1. The number of amides is 1. The lowest BCUT2D eigenvalue weighted by Gasteiger charge is -1.99. The van der Waals surface area contributed by atoms with E-state index in [0.29, 0.717) is 9.09 Å². The standard InChI is InChI=1S/C6H6N2O3S3/c1-2-11-4(10)3(9)7-5-8-6(12)14-13-5/h2H2,1H3,(H,7,8,9,12). The topological polar surface area (TPSA) is 68.3 Å². The van der Waals surface area contributed by atoms with Crippen molar-refractivity contribution in [1.82, 2.24) is 4.98 Å². The summed E-state index contributed by atoms with van der Waals surface area (Å²) in [6, 6.07) is 0. The predicted octanol–water partition coefficient (Wildman–Crippen LogP) is 1.44. The summed E-state index contributed by atoms with van der Waals surface area (Å²) >= 11 is 4.75. The minimum absolute atomic E-state index is 0.166. The van der Waals surface area contributed by atoms with Gasteiger partial charge >= 0.3 is 11.9 Å². The van der Waals surface area contributed by atoms with E-state index >= 15 is 0 Å². The van der Waals surface area contributed by atoms with Crippen LogP contribution in [0, 0.1) is 3.95 Å². The van der Waals surface area contributed by atoms with Crippen LogP contribution in [0.15, 0.2) is 0 Å². The van der Waals surface area contributed by atoms with Crippen LogP contribution >= 0.6 is 32.9 Å². The Labute approximate surface area is 92.1 Å². The maximum Gasteiger partial charge on any atom is 0.397 e. The van der Waals surface area contributed by atoms with Gasteiger partial charge in [0.1, 0.15) is 0 Å². The average molecular weight is 250 g/mol. The Hall–Kier alpha value is -0.860. The van der Waals surface area contributed by atoms with Gasteiger partial charge in [-0.15, -0.1) is 0 Å². The maximum atomic E-state index is 11.1. The molecule has 0 fully saturated rings. The monoisotopic (exact) mass is 250 g/mol. The van der Waals surface area contributed by atoms with Crippen LogP contribution in [0.2, 0.25) is 0 Å². The van der Waals surface area contributed by atoms with Crippen molar-refractivity contribution in [2.45, 2.75) is 6.92 Å². The molecule has 14 heavy (non-hydrogen) atoms. The van der Waals surface area contributed by atoms with Crippen LogP contribution < -0.4 is 5.32 Å². The normalized spacial score (nSPS) is 9.50. The van der Waals surface area contributed by atoms with Gasteiger partial charge in [0.2, 0.25) is 5.13 Å². The number of aromatic nitrogens is 1. The molecule has 1 N–H and O–H groups in total. The van der Waals surface area contributed by atoms with Crippen molar-refractivity contribution >= 4 is 49.9 Å². The van der Waals surface area contributed by atoms with Crippen molar-refractivity contribution in [1.29, 1.82) is 0 Å². The van der Waals surface area contributed by atoms with Crippen molar-refractivity contribution in [3.05, 3.63) is 3.95 Å². The van der Waals surface area contributed by atoms with E-state index < -0.39 is 11.9 Å². The first-order valence-electron chi connectivity index (χ1n) is 3.58. The summed E-state index contributed by atoms with van der Waals surface area (Å²) < 4.78 is 4.91. The van der Waals surface area contributed by atoms with Gasteiger partial charge in [-0.3, -0.25) is 10.1 Å². The van der Waals surface area contributed by atoms with Crippen molar-refractivity contribution in [3.8, 4) is 0 Å². The van der Waals surface area contributed by atoms with Gasteiger partial charge in [-0.05, 0) is 39.8 Å². The molecule has 0 saturated heterocycles. The molecule has 1 aromatic rings. The Morgan fingerprint density at radius 2 is 2.29 bits per heavy atom. The van der Waals surface area contributed by atoms with Gasteiger partial charge in [-0.2, -0.15) is 4.98 Å². The van der Waals surface area contributed by atoms with Gasteiger partial charge in [0.05, 0.1) is 6.61 Å². The highest BCUT2D eigenvalue weighted by Crippen LogP contribution is 2.18. The fourth-order valence-electron chi connectivity index (χ4n) is 0.589. The summed E-state index contributed by atoms with van der Waals surface area (Å²) in [5.74, 6) is -1.75. The zero-order valence-corrected chi connectivity index (χ0v) is 9.55. The molecule has 0 bridgehead atoms. The van der Waals surface area contributed by atoms with Crippen molar-refractivity contribution < 1.29 is 14.3 Å². The van der Waals surface area contributed by atoms with Crippen LogP contribution in [0.4, 0.5) is 5.13 Å². The van der Waals surface area contributed by atoms with Crippen LogP contribution in [0.5, 0.6) is 0 Å². The third-order valence-electron chi connectivity index (χ3n) is 1.07. The first-order chi connectivity index (χ1) is 6.63. The second-order valence-corrected chi connectivity index (χ2v) is 4.78. The Morgan fingerprint density at radius 3 is 2.79 bits per heavy atom. The Bertz CT molecular complexity index is 397. The Balaban J connectivity index is 2.57. The molecular weight excluding hydrogens is 244 g/mol. The van der Waals surface area contributed by atoms with Crippen molar-refractivity contribution in [2.24, 2.45) is 0 Å². The second-order valence-electron chi connectivity index (χ2n) is 2.02. The summed E-state index contributed by atoms with van der Waals surface area (Å²) in [6.45, 7) is 1.79. The van der Waals surface area contributed by atoms with Gasteiger partial charge < -0.3 is 4.74 Å². The second kappa shape index (κ2) is 5.13. The lowest BCUT2D eigenvalue weighted by Crippen LogP contribution is -2.24. The largest absolute Gasteiger partial charge is 0.459 e. The van der Waals surface area contributed by atoms with Crippen molar-refractivity contribution in [2.75, 3.05) is 11.9 Å². The summed E-state index contributed by atoms with van der Waals surface area (Å²) in [7, 11) is 2.45. The van der Waals surface area contributed by atoms with Crippen LogP contribution in [0.25, 0.3) is 0 Å². The Morgan fingerprint density at radius 1 is 1.57 bits per heavy atom. The van der Waals surface area contributed by atoms with Gasteiger partial charge in [-0.1, -0.05) is 0 Å². The van der Waals surface area contributed by atoms with Gasteiger partial charge in [0, 0.05) is 0 Å². The molecular formula is C6H6N2O3S3. The minimum Gasteiger partial charge on any atom is -0.459 e. The molecule has 5 nitrogen and oxygen atoms in total. The molecule has 0 atom stereocenters. The highest BCUT2D eigenvalue weighted by atomic mass is 32.9. The lowest BCUT2D eigenvalue weighted by molar-refractivity contribution is -0.152. The molecule has 1 aromatic heterocycles.